The van der Waals surface area contributed by atoms with Gasteiger partial charge in [0.1, 0.15) is 11.8 Å². The van der Waals surface area contributed by atoms with Crippen LogP contribution in [0.25, 0.3) is 10.8 Å². The summed E-state index contributed by atoms with van der Waals surface area (Å²) in [7, 11) is 0. The third-order valence-corrected chi connectivity index (χ3v) is 3.17. The Morgan fingerprint density at radius 1 is 1.35 bits per heavy atom. The molecule has 3 N–H and O–H groups in total. The lowest BCUT2D eigenvalue weighted by molar-refractivity contribution is 0.469. The molecule has 0 aliphatic carbocycles. The summed E-state index contributed by atoms with van der Waals surface area (Å²) in [6, 6.07) is 13.3. The highest BCUT2D eigenvalue weighted by Gasteiger charge is 2.07. The number of benzene rings is 2. The number of hydrogen-bond acceptors (Lipinski definition) is 4. The zero-order chi connectivity index (χ0) is 14.5. The van der Waals surface area contributed by atoms with E-state index in [-0.39, 0.29) is 5.75 Å². The molecule has 0 bridgehead atoms. The first-order valence-electron chi connectivity index (χ1n) is 6.20. The van der Waals surface area contributed by atoms with Gasteiger partial charge in [-0.3, -0.25) is 4.99 Å². The molecule has 0 saturated heterocycles. The second-order valence-corrected chi connectivity index (χ2v) is 4.38. The molecule has 4 heteroatoms. The number of nitrogens with zero attached hydrogens (tertiary/aromatic N) is 2. The van der Waals surface area contributed by atoms with Crippen LogP contribution in [0.2, 0.25) is 0 Å². The Labute approximate surface area is 117 Å². The smallest absolute Gasteiger partial charge is 0.121 e. The van der Waals surface area contributed by atoms with E-state index in [0.717, 1.165) is 16.3 Å². The molecule has 0 aliphatic heterocycles. The average Bonchev–Trinajstić information content (AvgIpc) is 2.47. The second kappa shape index (κ2) is 5.89. The first kappa shape index (κ1) is 13.6. The van der Waals surface area contributed by atoms with Crippen molar-refractivity contribution in [3.05, 3.63) is 53.7 Å². The number of fused-ring (bicyclic) bond motifs is 1. The molecule has 0 unspecified atom stereocenters. The van der Waals surface area contributed by atoms with E-state index in [9.17, 15) is 5.11 Å². The molecule has 0 aliphatic rings. The molecule has 0 amide bonds. The number of hydrogen-bond donors (Lipinski definition) is 2. The number of allylic oxidation sites excluding steroid dienone is 1. The fourth-order valence-corrected chi connectivity index (χ4v) is 2.01. The van der Waals surface area contributed by atoms with Gasteiger partial charge in [0.2, 0.25) is 0 Å². The molecule has 2 aromatic rings. The van der Waals surface area contributed by atoms with Crippen LogP contribution in [-0.2, 0) is 6.54 Å². The van der Waals surface area contributed by atoms with Gasteiger partial charge < -0.3 is 10.8 Å². The number of phenols is 1. The summed E-state index contributed by atoms with van der Waals surface area (Å²) in [5.41, 5.74) is 7.00. The van der Waals surface area contributed by atoms with E-state index in [4.69, 9.17) is 11.0 Å². The molecule has 2 aromatic carbocycles. The average molecular weight is 265 g/mol. The third-order valence-electron chi connectivity index (χ3n) is 3.17. The van der Waals surface area contributed by atoms with Crippen molar-refractivity contribution in [3.8, 4) is 11.8 Å². The van der Waals surface area contributed by atoms with Crippen molar-refractivity contribution in [1.82, 2.24) is 0 Å². The molecule has 0 heterocycles. The minimum atomic E-state index is 0.204. The van der Waals surface area contributed by atoms with Crippen LogP contribution in [0.4, 0.5) is 0 Å². The molecule has 0 spiro atoms. The minimum absolute atomic E-state index is 0.204. The first-order valence-corrected chi connectivity index (χ1v) is 6.20. The Kier molecular flexibility index (Phi) is 4.02. The predicted molar refractivity (Wildman–Crippen MR) is 80.3 cm³/mol. The lowest BCUT2D eigenvalue weighted by Gasteiger charge is -2.07. The van der Waals surface area contributed by atoms with Crippen LogP contribution in [0, 0.1) is 11.3 Å². The van der Waals surface area contributed by atoms with Crippen molar-refractivity contribution < 1.29 is 5.11 Å². The lowest BCUT2D eigenvalue weighted by atomic mass is 10.0. The molecule has 0 aromatic heterocycles. The van der Waals surface area contributed by atoms with Crippen molar-refractivity contribution in [2.45, 2.75) is 13.5 Å². The number of aliphatic imine (C=N–C) groups is 1. The van der Waals surface area contributed by atoms with Gasteiger partial charge >= 0.3 is 0 Å². The number of rotatable bonds is 3. The molecular weight excluding hydrogens is 250 g/mol. The summed E-state index contributed by atoms with van der Waals surface area (Å²) in [5.74, 6) is 0.204. The predicted octanol–water partition coefficient (Wildman–Crippen LogP) is 2.87. The van der Waals surface area contributed by atoms with Gasteiger partial charge in [-0.25, -0.2) is 0 Å². The lowest BCUT2D eigenvalue weighted by Crippen LogP contribution is -1.99. The maximum absolute atomic E-state index is 10.0. The van der Waals surface area contributed by atoms with Crippen LogP contribution in [0.3, 0.4) is 0 Å². The zero-order valence-electron chi connectivity index (χ0n) is 11.2. The quantitative estimate of drug-likeness (QED) is 0.661. The van der Waals surface area contributed by atoms with Gasteiger partial charge in [-0.2, -0.15) is 5.26 Å². The second-order valence-electron chi connectivity index (χ2n) is 4.38. The largest absolute Gasteiger partial charge is 0.508 e. The van der Waals surface area contributed by atoms with Crippen molar-refractivity contribution >= 4 is 16.5 Å². The molecule has 0 radical (unpaired) electrons. The maximum Gasteiger partial charge on any atom is 0.121 e. The number of phenolic OH excluding ortho intramolecular Hbond substituents is 1. The fraction of sp³-hybridized carbons (Fsp3) is 0.125. The SMILES string of the molecule is CC(=NCc1c(O)ccc2ccccc12)C(C#N)=CN. The molecule has 0 fully saturated rings. The summed E-state index contributed by atoms with van der Waals surface area (Å²) >= 11 is 0. The standard InChI is InChI=1S/C16H15N3O/c1-11(13(8-17)9-18)19-10-15-14-5-3-2-4-12(14)6-7-16(15)20/h2-8,20H,10,17H2,1H3. The highest BCUT2D eigenvalue weighted by atomic mass is 16.3. The van der Waals surface area contributed by atoms with Crippen molar-refractivity contribution in [2.75, 3.05) is 0 Å². The number of nitriles is 1. The molecule has 0 atom stereocenters. The topological polar surface area (TPSA) is 82.4 Å². The van der Waals surface area contributed by atoms with E-state index < -0.39 is 0 Å². The summed E-state index contributed by atoms with van der Waals surface area (Å²) in [4.78, 5) is 4.33. The van der Waals surface area contributed by atoms with Crippen LogP contribution in [0.15, 0.2) is 53.2 Å². The van der Waals surface area contributed by atoms with Crippen LogP contribution >= 0.6 is 0 Å². The van der Waals surface area contributed by atoms with Gasteiger partial charge in [0.15, 0.2) is 0 Å². The molecular formula is C16H15N3O. The van der Waals surface area contributed by atoms with Crippen molar-refractivity contribution in [2.24, 2.45) is 10.7 Å². The molecule has 0 saturated carbocycles. The molecule has 4 nitrogen and oxygen atoms in total. The van der Waals surface area contributed by atoms with Gasteiger partial charge in [0.25, 0.3) is 0 Å². The Balaban J connectivity index is 2.42. The van der Waals surface area contributed by atoms with Crippen LogP contribution in [0.1, 0.15) is 12.5 Å². The minimum Gasteiger partial charge on any atom is -0.508 e. The Bertz CT molecular complexity index is 739. The van der Waals surface area contributed by atoms with Gasteiger partial charge in [-0.05, 0) is 23.8 Å². The molecule has 100 valence electrons. The number of aromatic hydroxyl groups is 1. The van der Waals surface area contributed by atoms with Crippen LogP contribution in [0.5, 0.6) is 5.75 Å². The van der Waals surface area contributed by atoms with E-state index in [1.807, 2.05) is 36.4 Å². The van der Waals surface area contributed by atoms with E-state index in [1.165, 1.54) is 6.20 Å². The van der Waals surface area contributed by atoms with Gasteiger partial charge in [0, 0.05) is 11.8 Å². The number of nitrogens with two attached hydrogens (primary N) is 1. The Morgan fingerprint density at radius 3 is 2.80 bits per heavy atom. The van der Waals surface area contributed by atoms with E-state index in [0.29, 0.717) is 17.8 Å². The van der Waals surface area contributed by atoms with Gasteiger partial charge in [-0.1, -0.05) is 30.3 Å². The molecule has 20 heavy (non-hydrogen) atoms. The summed E-state index contributed by atoms with van der Waals surface area (Å²) in [5, 5.41) is 20.9. The Morgan fingerprint density at radius 2 is 2.10 bits per heavy atom. The van der Waals surface area contributed by atoms with Crippen LogP contribution in [-0.4, -0.2) is 10.8 Å². The third kappa shape index (κ3) is 2.62. The van der Waals surface area contributed by atoms with Crippen molar-refractivity contribution in [1.29, 1.82) is 5.26 Å². The monoisotopic (exact) mass is 265 g/mol. The zero-order valence-corrected chi connectivity index (χ0v) is 11.2. The molecule has 2 rings (SSSR count). The normalized spacial score (nSPS) is 12.4. The van der Waals surface area contributed by atoms with E-state index in [2.05, 4.69) is 4.99 Å². The van der Waals surface area contributed by atoms with Gasteiger partial charge in [-0.15, -0.1) is 0 Å². The summed E-state index contributed by atoms with van der Waals surface area (Å²) in [6.45, 7) is 2.03. The fourth-order valence-electron chi connectivity index (χ4n) is 2.01. The van der Waals surface area contributed by atoms with Crippen molar-refractivity contribution in [3.63, 3.8) is 0 Å². The van der Waals surface area contributed by atoms with Crippen LogP contribution < -0.4 is 5.73 Å². The maximum atomic E-state index is 10.0. The highest BCUT2D eigenvalue weighted by molar-refractivity contribution is 6.01. The Hall–Kier alpha value is -2.80. The summed E-state index contributed by atoms with van der Waals surface area (Å²) < 4.78 is 0. The first-order chi connectivity index (χ1) is 9.67. The summed E-state index contributed by atoms with van der Waals surface area (Å²) in [6.07, 6.45) is 1.24. The van der Waals surface area contributed by atoms with E-state index >= 15 is 0 Å². The highest BCUT2D eigenvalue weighted by Crippen LogP contribution is 2.27. The van der Waals surface area contributed by atoms with Gasteiger partial charge in [0.05, 0.1) is 17.8 Å². The van der Waals surface area contributed by atoms with E-state index in [1.54, 1.807) is 13.0 Å².